The van der Waals surface area contributed by atoms with Crippen LogP contribution < -0.4 is 10.5 Å². The molecular weight excluding hydrogens is 313 g/mol. The fraction of sp³-hybridized carbons (Fsp3) is 0.364. The molecule has 0 saturated heterocycles. The Morgan fingerprint density at radius 3 is 2.48 bits per heavy atom. The van der Waals surface area contributed by atoms with Gasteiger partial charge in [-0.25, -0.2) is 13.6 Å². The number of halogens is 3. The normalized spacial score (nSPS) is 12.2. The Balaban J connectivity index is 2.57. The van der Waals surface area contributed by atoms with Crippen molar-refractivity contribution in [1.82, 2.24) is 0 Å². The number of carbonyl (C=O) groups excluding carboxylic acids is 1. The Labute approximate surface area is 119 Å². The third-order valence-electron chi connectivity index (χ3n) is 2.21. The van der Waals surface area contributed by atoms with Gasteiger partial charge in [0.15, 0.2) is 0 Å². The van der Waals surface area contributed by atoms with Gasteiger partial charge in [-0.15, -0.1) is 0 Å². The van der Waals surface area contributed by atoms with Gasteiger partial charge in [0.2, 0.25) is 15.9 Å². The second-order valence-electron chi connectivity index (χ2n) is 4.01. The SMILES string of the molecule is NS(=O)(=O)c1ccccc1NC(=O)CCOCC(F)(F)F. The van der Waals surface area contributed by atoms with E-state index in [0.29, 0.717) is 0 Å². The summed E-state index contributed by atoms with van der Waals surface area (Å²) >= 11 is 0. The van der Waals surface area contributed by atoms with Gasteiger partial charge in [0.25, 0.3) is 0 Å². The lowest BCUT2D eigenvalue weighted by Gasteiger charge is -2.10. The van der Waals surface area contributed by atoms with Crippen molar-refractivity contribution in [3.8, 4) is 0 Å². The number of primary sulfonamides is 1. The number of para-hydroxylation sites is 1. The Kier molecular flexibility index (Phi) is 5.70. The summed E-state index contributed by atoms with van der Waals surface area (Å²) in [5.74, 6) is -0.687. The van der Waals surface area contributed by atoms with Gasteiger partial charge in [-0.05, 0) is 12.1 Å². The molecule has 21 heavy (non-hydrogen) atoms. The van der Waals surface area contributed by atoms with Crippen LogP contribution in [-0.2, 0) is 19.6 Å². The third-order valence-corrected chi connectivity index (χ3v) is 3.18. The Bertz CT molecular complexity index is 602. The molecule has 0 aromatic heterocycles. The van der Waals surface area contributed by atoms with Crippen LogP contribution in [0.15, 0.2) is 29.2 Å². The van der Waals surface area contributed by atoms with E-state index in [-0.39, 0.29) is 17.0 Å². The van der Waals surface area contributed by atoms with E-state index in [1.807, 2.05) is 0 Å². The topological polar surface area (TPSA) is 98.5 Å². The zero-order chi connectivity index (χ0) is 16.1. The largest absolute Gasteiger partial charge is 0.411 e. The number of sulfonamides is 1. The number of ether oxygens (including phenoxy) is 1. The van der Waals surface area contributed by atoms with Crippen molar-refractivity contribution in [2.24, 2.45) is 5.14 Å². The van der Waals surface area contributed by atoms with Gasteiger partial charge in [0.05, 0.1) is 18.7 Å². The van der Waals surface area contributed by atoms with E-state index in [2.05, 4.69) is 10.1 Å². The van der Waals surface area contributed by atoms with Gasteiger partial charge in [0, 0.05) is 0 Å². The first-order chi connectivity index (χ1) is 9.59. The quantitative estimate of drug-likeness (QED) is 0.768. The third kappa shape index (κ3) is 6.56. The Morgan fingerprint density at radius 1 is 1.29 bits per heavy atom. The molecule has 0 heterocycles. The van der Waals surface area contributed by atoms with E-state index >= 15 is 0 Å². The molecule has 0 unspecified atom stereocenters. The van der Waals surface area contributed by atoms with Gasteiger partial charge in [-0.2, -0.15) is 13.2 Å². The molecule has 1 amide bonds. The number of hydrogen-bond acceptors (Lipinski definition) is 4. The molecule has 1 aromatic carbocycles. The summed E-state index contributed by atoms with van der Waals surface area (Å²) in [7, 11) is -4.02. The van der Waals surface area contributed by atoms with Crippen molar-refractivity contribution in [3.63, 3.8) is 0 Å². The Hall–Kier alpha value is -1.65. The molecular formula is C11H13F3N2O4S. The molecule has 0 fully saturated rings. The van der Waals surface area contributed by atoms with Crippen molar-refractivity contribution in [1.29, 1.82) is 0 Å². The first-order valence-electron chi connectivity index (χ1n) is 5.66. The monoisotopic (exact) mass is 326 g/mol. The zero-order valence-electron chi connectivity index (χ0n) is 10.7. The van der Waals surface area contributed by atoms with E-state index in [9.17, 15) is 26.4 Å². The average Bonchev–Trinajstić information content (AvgIpc) is 2.33. The maximum Gasteiger partial charge on any atom is 0.411 e. The van der Waals surface area contributed by atoms with Crippen LogP contribution >= 0.6 is 0 Å². The first kappa shape index (κ1) is 17.4. The fourth-order valence-electron chi connectivity index (χ4n) is 1.38. The predicted octanol–water partition coefficient (Wildman–Crippen LogP) is 1.24. The molecule has 0 atom stereocenters. The van der Waals surface area contributed by atoms with Crippen LogP contribution in [0, 0.1) is 0 Å². The van der Waals surface area contributed by atoms with Crippen LogP contribution in [0.4, 0.5) is 18.9 Å². The van der Waals surface area contributed by atoms with Crippen molar-refractivity contribution in [2.45, 2.75) is 17.5 Å². The van der Waals surface area contributed by atoms with Gasteiger partial charge in [-0.3, -0.25) is 4.79 Å². The summed E-state index contributed by atoms with van der Waals surface area (Å²) < 4.78 is 62.3. The van der Waals surface area contributed by atoms with E-state index in [0.717, 1.165) is 0 Å². The molecule has 0 saturated carbocycles. The molecule has 0 aliphatic rings. The van der Waals surface area contributed by atoms with Crippen molar-refractivity contribution in [2.75, 3.05) is 18.5 Å². The lowest BCUT2D eigenvalue weighted by Crippen LogP contribution is -2.21. The summed E-state index contributed by atoms with van der Waals surface area (Å²) in [6, 6.07) is 5.41. The van der Waals surface area contributed by atoms with Gasteiger partial charge in [0.1, 0.15) is 11.5 Å². The van der Waals surface area contributed by atoms with E-state index in [4.69, 9.17) is 5.14 Å². The standard InChI is InChI=1S/C11H13F3N2O4S/c12-11(13,14)7-20-6-5-10(17)16-8-3-1-2-4-9(8)21(15,18)19/h1-4H,5-7H2,(H,16,17)(H2,15,18,19). The Morgan fingerprint density at radius 2 is 1.90 bits per heavy atom. The number of nitrogens with one attached hydrogen (secondary N) is 1. The maximum atomic E-state index is 11.8. The minimum atomic E-state index is -4.46. The number of rotatable bonds is 6. The van der Waals surface area contributed by atoms with Gasteiger partial charge >= 0.3 is 6.18 Å². The molecule has 3 N–H and O–H groups in total. The lowest BCUT2D eigenvalue weighted by molar-refractivity contribution is -0.174. The molecule has 0 bridgehead atoms. The smallest absolute Gasteiger partial charge is 0.372 e. The number of alkyl halides is 3. The van der Waals surface area contributed by atoms with Gasteiger partial charge in [-0.1, -0.05) is 12.1 Å². The zero-order valence-corrected chi connectivity index (χ0v) is 11.5. The minimum Gasteiger partial charge on any atom is -0.372 e. The van der Waals surface area contributed by atoms with E-state index < -0.39 is 35.3 Å². The van der Waals surface area contributed by atoms with Crippen LogP contribution in [-0.4, -0.2) is 33.7 Å². The van der Waals surface area contributed by atoms with Crippen molar-refractivity contribution in [3.05, 3.63) is 24.3 Å². The number of nitrogens with two attached hydrogens (primary N) is 1. The lowest BCUT2D eigenvalue weighted by atomic mass is 10.3. The number of anilines is 1. The highest BCUT2D eigenvalue weighted by Crippen LogP contribution is 2.19. The van der Waals surface area contributed by atoms with Crippen LogP contribution in [0.2, 0.25) is 0 Å². The summed E-state index contributed by atoms with van der Waals surface area (Å²) in [4.78, 5) is 11.2. The van der Waals surface area contributed by atoms with E-state index in [1.165, 1.54) is 24.3 Å². The number of benzene rings is 1. The van der Waals surface area contributed by atoms with Gasteiger partial charge < -0.3 is 10.1 Å². The summed E-state index contributed by atoms with van der Waals surface area (Å²) in [6.07, 6.45) is -4.81. The fourth-order valence-corrected chi connectivity index (χ4v) is 2.08. The molecule has 1 aromatic rings. The summed E-state index contributed by atoms with van der Waals surface area (Å²) in [5.41, 5.74) is -0.0409. The molecule has 0 aliphatic carbocycles. The maximum absolute atomic E-state index is 11.8. The number of carbonyl (C=O) groups is 1. The molecule has 10 heteroatoms. The van der Waals surface area contributed by atoms with Crippen LogP contribution in [0.1, 0.15) is 6.42 Å². The number of hydrogen-bond donors (Lipinski definition) is 2. The predicted molar refractivity (Wildman–Crippen MR) is 67.9 cm³/mol. The highest BCUT2D eigenvalue weighted by atomic mass is 32.2. The molecule has 0 spiro atoms. The summed E-state index contributed by atoms with van der Waals surface area (Å²) in [5, 5.41) is 7.23. The number of amides is 1. The summed E-state index contributed by atoms with van der Waals surface area (Å²) in [6.45, 7) is -1.89. The van der Waals surface area contributed by atoms with E-state index in [1.54, 1.807) is 0 Å². The van der Waals surface area contributed by atoms with Crippen molar-refractivity contribution >= 4 is 21.6 Å². The molecule has 1 rings (SSSR count). The second kappa shape index (κ2) is 6.87. The van der Waals surface area contributed by atoms with Crippen LogP contribution in [0.5, 0.6) is 0 Å². The molecule has 0 aliphatic heterocycles. The minimum absolute atomic E-state index is 0.0409. The highest BCUT2D eigenvalue weighted by molar-refractivity contribution is 7.89. The average molecular weight is 326 g/mol. The highest BCUT2D eigenvalue weighted by Gasteiger charge is 2.27. The van der Waals surface area contributed by atoms with Crippen LogP contribution in [0.25, 0.3) is 0 Å². The second-order valence-corrected chi connectivity index (χ2v) is 5.54. The van der Waals surface area contributed by atoms with Crippen LogP contribution in [0.3, 0.4) is 0 Å². The molecule has 6 nitrogen and oxygen atoms in total. The molecule has 118 valence electrons. The first-order valence-corrected chi connectivity index (χ1v) is 7.20. The molecule has 0 radical (unpaired) electrons. The van der Waals surface area contributed by atoms with Crippen molar-refractivity contribution < 1.29 is 31.1 Å².